The molecule has 0 saturated carbocycles. The van der Waals surface area contributed by atoms with Crippen LogP contribution in [-0.2, 0) is 19.3 Å². The molecule has 4 nitrogen and oxygen atoms in total. The summed E-state index contributed by atoms with van der Waals surface area (Å²) < 4.78 is 25.4. The summed E-state index contributed by atoms with van der Waals surface area (Å²) in [5.74, 6) is 0.673. The van der Waals surface area contributed by atoms with Gasteiger partial charge in [0.15, 0.2) is 0 Å². The molecule has 0 heterocycles. The molecule has 0 amide bonds. The zero-order valence-electron chi connectivity index (χ0n) is 7.02. The van der Waals surface area contributed by atoms with Crippen molar-refractivity contribution in [3.8, 4) is 0 Å². The Hall–Kier alpha value is -0.0400. The van der Waals surface area contributed by atoms with Crippen molar-refractivity contribution in [2.75, 3.05) is 12.0 Å². The Labute approximate surface area is 77.0 Å². The van der Waals surface area contributed by atoms with Gasteiger partial charge in [0.2, 0.25) is 0 Å². The van der Waals surface area contributed by atoms with Gasteiger partial charge in [-0.1, -0.05) is 6.58 Å². The Bertz CT molecular complexity index is 222. The quantitative estimate of drug-likeness (QED) is 0.488. The highest BCUT2D eigenvalue weighted by atomic mass is 32.2. The van der Waals surface area contributed by atoms with Crippen LogP contribution in [0, 0.1) is 0 Å². The van der Waals surface area contributed by atoms with Crippen LogP contribution in [-0.4, -0.2) is 26.5 Å². The summed E-state index contributed by atoms with van der Waals surface area (Å²) in [4.78, 5) is 4.56. The van der Waals surface area contributed by atoms with Gasteiger partial charge in [0, 0.05) is 5.75 Å². The Morgan fingerprint density at radius 3 is 2.67 bits per heavy atom. The monoisotopic (exact) mass is 212 g/mol. The molecule has 0 fully saturated rings. The molecular weight excluding hydrogens is 200 g/mol. The smallest absolute Gasteiger partial charge is 0.216 e. The van der Waals surface area contributed by atoms with Gasteiger partial charge in [0.25, 0.3) is 0 Å². The van der Waals surface area contributed by atoms with Crippen molar-refractivity contribution in [3.63, 3.8) is 0 Å². The van der Waals surface area contributed by atoms with Gasteiger partial charge in [0.05, 0.1) is 5.41 Å². The van der Waals surface area contributed by atoms with E-state index in [1.165, 1.54) is 0 Å². The third kappa shape index (κ3) is 5.59. The number of thioether (sulfide) groups is 1. The predicted octanol–water partition coefficient (Wildman–Crippen LogP) is 1.16. The number of hydrogen-bond donors (Lipinski definition) is 0. The minimum atomic E-state index is -3.70. The van der Waals surface area contributed by atoms with Crippen LogP contribution in [0.3, 0.4) is 0 Å². The summed E-state index contributed by atoms with van der Waals surface area (Å²) in [6.45, 7) is 4.78. The Balaban J connectivity index is 3.75. The minimum absolute atomic E-state index is 0.255. The van der Waals surface area contributed by atoms with E-state index in [2.05, 4.69) is 15.8 Å². The molecule has 1 unspecified atom stereocenters. The molecule has 0 aliphatic heterocycles. The van der Waals surface area contributed by atoms with Crippen molar-refractivity contribution in [3.05, 3.63) is 12.0 Å². The molecule has 0 radical (unpaired) electrons. The number of hydrogen-bond acceptors (Lipinski definition) is 5. The Kier molecular flexibility index (Phi) is 5.56. The minimum Gasteiger partial charge on any atom is -0.216 e. The highest BCUT2D eigenvalue weighted by Crippen LogP contribution is 2.04. The first-order valence-electron chi connectivity index (χ1n) is 3.23. The largest absolute Gasteiger partial charge is 0.315 e. The summed E-state index contributed by atoms with van der Waals surface area (Å²) in [6.07, 6.45) is 1.64. The molecule has 12 heavy (non-hydrogen) atoms. The lowest BCUT2D eigenvalue weighted by Gasteiger charge is -2.07. The molecule has 0 aliphatic rings. The van der Waals surface area contributed by atoms with E-state index in [1.54, 1.807) is 18.7 Å². The molecule has 0 bridgehead atoms. The van der Waals surface area contributed by atoms with Gasteiger partial charge in [0.1, 0.15) is 6.10 Å². The summed E-state index contributed by atoms with van der Waals surface area (Å²) in [5, 5.41) is 0.693. The molecule has 0 spiro atoms. The third-order valence-corrected chi connectivity index (χ3v) is 2.38. The van der Waals surface area contributed by atoms with E-state index in [9.17, 15) is 8.42 Å². The van der Waals surface area contributed by atoms with Gasteiger partial charge < -0.3 is 0 Å². The van der Waals surface area contributed by atoms with E-state index >= 15 is 0 Å². The highest BCUT2D eigenvalue weighted by molar-refractivity contribution is 7.98. The first-order valence-corrected chi connectivity index (χ1v) is 6.09. The molecule has 0 aromatic rings. The maximum Gasteiger partial charge on any atom is 0.315 e. The standard InChI is InChI=1S/C6H12O4S2/c1-4-12(7,8)10-9-6(2)5-11-3/h4,6H,1,5H2,2-3H3. The van der Waals surface area contributed by atoms with Crippen LogP contribution in [0.4, 0.5) is 0 Å². The molecule has 0 rings (SSSR count). The van der Waals surface area contributed by atoms with Crippen molar-refractivity contribution in [1.29, 1.82) is 0 Å². The Morgan fingerprint density at radius 2 is 2.25 bits per heavy atom. The first-order chi connectivity index (χ1) is 5.52. The van der Waals surface area contributed by atoms with Crippen molar-refractivity contribution in [2.45, 2.75) is 13.0 Å². The average molecular weight is 212 g/mol. The zero-order chi connectivity index (χ0) is 9.61. The summed E-state index contributed by atoms with van der Waals surface area (Å²) in [6, 6.07) is 0. The predicted molar refractivity (Wildman–Crippen MR) is 49.1 cm³/mol. The summed E-state index contributed by atoms with van der Waals surface area (Å²) in [7, 11) is -3.70. The van der Waals surface area contributed by atoms with Crippen LogP contribution < -0.4 is 0 Å². The lowest BCUT2D eigenvalue weighted by atomic mass is 10.5. The fraction of sp³-hybridized carbons (Fsp3) is 0.667. The van der Waals surface area contributed by atoms with Gasteiger partial charge >= 0.3 is 10.1 Å². The van der Waals surface area contributed by atoms with E-state index in [0.29, 0.717) is 11.2 Å². The lowest BCUT2D eigenvalue weighted by molar-refractivity contribution is -0.227. The fourth-order valence-corrected chi connectivity index (χ4v) is 1.24. The average Bonchev–Trinajstić information content (AvgIpc) is 2.02. The molecule has 0 N–H and O–H groups in total. The van der Waals surface area contributed by atoms with Crippen LogP contribution in [0.25, 0.3) is 0 Å². The molecule has 0 aromatic heterocycles. The first kappa shape index (κ1) is 12.0. The second-order valence-corrected chi connectivity index (χ2v) is 4.46. The molecule has 1 atom stereocenters. The van der Waals surface area contributed by atoms with Gasteiger partial charge in [-0.15, -0.1) is 4.33 Å². The van der Waals surface area contributed by atoms with Gasteiger partial charge in [-0.25, -0.2) is 4.89 Å². The molecule has 0 saturated heterocycles. The van der Waals surface area contributed by atoms with Crippen molar-refractivity contribution in [2.24, 2.45) is 0 Å². The molecule has 0 aliphatic carbocycles. The van der Waals surface area contributed by atoms with E-state index in [0.717, 1.165) is 0 Å². The topological polar surface area (TPSA) is 52.6 Å². The van der Waals surface area contributed by atoms with Crippen molar-refractivity contribution in [1.82, 2.24) is 0 Å². The highest BCUT2D eigenvalue weighted by Gasteiger charge is 2.09. The van der Waals surface area contributed by atoms with Crippen LogP contribution >= 0.6 is 11.8 Å². The van der Waals surface area contributed by atoms with Gasteiger partial charge in [-0.05, 0) is 13.2 Å². The maximum atomic E-state index is 10.6. The summed E-state index contributed by atoms with van der Waals surface area (Å²) >= 11 is 1.54. The normalized spacial score (nSPS) is 14.2. The SMILES string of the molecule is C=CS(=O)(=O)OOC(C)CSC. The second kappa shape index (κ2) is 5.58. The number of rotatable bonds is 6. The second-order valence-electron chi connectivity index (χ2n) is 2.09. The molecule has 6 heteroatoms. The summed E-state index contributed by atoms with van der Waals surface area (Å²) in [5.41, 5.74) is 0. The van der Waals surface area contributed by atoms with Crippen LogP contribution in [0.2, 0.25) is 0 Å². The molecule has 0 aromatic carbocycles. The Morgan fingerprint density at radius 1 is 1.67 bits per heavy atom. The van der Waals surface area contributed by atoms with E-state index in [1.807, 2.05) is 6.26 Å². The fourth-order valence-electron chi connectivity index (χ4n) is 0.412. The van der Waals surface area contributed by atoms with E-state index in [-0.39, 0.29) is 6.10 Å². The van der Waals surface area contributed by atoms with Gasteiger partial charge in [-0.3, -0.25) is 0 Å². The molecular formula is C6H12O4S2. The molecule has 72 valence electrons. The lowest BCUT2D eigenvalue weighted by Crippen LogP contribution is -2.14. The van der Waals surface area contributed by atoms with Crippen molar-refractivity contribution >= 4 is 21.9 Å². The van der Waals surface area contributed by atoms with E-state index < -0.39 is 10.1 Å². The van der Waals surface area contributed by atoms with Crippen molar-refractivity contribution < 1.29 is 17.6 Å². The maximum absolute atomic E-state index is 10.6. The zero-order valence-corrected chi connectivity index (χ0v) is 8.65. The van der Waals surface area contributed by atoms with Crippen LogP contribution in [0.15, 0.2) is 12.0 Å². The third-order valence-electron chi connectivity index (χ3n) is 0.904. The van der Waals surface area contributed by atoms with Crippen LogP contribution in [0.1, 0.15) is 6.92 Å². The van der Waals surface area contributed by atoms with Gasteiger partial charge in [-0.2, -0.15) is 20.2 Å². The van der Waals surface area contributed by atoms with E-state index in [4.69, 9.17) is 0 Å². The van der Waals surface area contributed by atoms with Crippen LogP contribution in [0.5, 0.6) is 0 Å².